The number of rotatable bonds is 4. The number of thiophene rings is 1. The van der Waals surface area contributed by atoms with Gasteiger partial charge in [0.2, 0.25) is 5.95 Å². The van der Waals surface area contributed by atoms with Gasteiger partial charge >= 0.3 is 6.09 Å². The summed E-state index contributed by atoms with van der Waals surface area (Å²) in [4.78, 5) is 23.6. The van der Waals surface area contributed by atoms with Crippen LogP contribution in [0.2, 0.25) is 0 Å². The summed E-state index contributed by atoms with van der Waals surface area (Å²) >= 11 is 1.47. The summed E-state index contributed by atoms with van der Waals surface area (Å²) in [6, 6.07) is 13.7. The van der Waals surface area contributed by atoms with Crippen molar-refractivity contribution < 1.29 is 9.53 Å². The van der Waals surface area contributed by atoms with Gasteiger partial charge in [0.15, 0.2) is 0 Å². The van der Waals surface area contributed by atoms with Crippen LogP contribution < -0.4 is 10.2 Å². The minimum atomic E-state index is -0.533. The number of carbonyl (C=O) groups excluding carboxylic acids is 1. The number of aryl methyl sites for hydroxylation is 1. The third kappa shape index (κ3) is 5.07. The van der Waals surface area contributed by atoms with Gasteiger partial charge in [0, 0.05) is 18.9 Å². The van der Waals surface area contributed by atoms with Crippen molar-refractivity contribution >= 4 is 34.1 Å². The number of hydrogen-bond acceptors (Lipinski definition) is 6. The van der Waals surface area contributed by atoms with E-state index in [9.17, 15) is 4.79 Å². The zero-order valence-corrected chi connectivity index (χ0v) is 17.5. The number of amides is 1. The number of nitrogens with zero attached hydrogens (tertiary/aromatic N) is 3. The van der Waals surface area contributed by atoms with E-state index >= 15 is 0 Å². The Morgan fingerprint density at radius 1 is 1.18 bits per heavy atom. The molecule has 0 aliphatic carbocycles. The van der Waals surface area contributed by atoms with Crippen LogP contribution >= 0.6 is 11.3 Å². The minimum absolute atomic E-state index is 0.384. The van der Waals surface area contributed by atoms with Crippen molar-refractivity contribution in [2.24, 2.45) is 0 Å². The van der Waals surface area contributed by atoms with E-state index in [4.69, 9.17) is 4.74 Å². The molecule has 0 spiro atoms. The van der Waals surface area contributed by atoms with Crippen LogP contribution in [0, 0.1) is 6.92 Å². The van der Waals surface area contributed by atoms with Crippen molar-refractivity contribution in [1.82, 2.24) is 9.97 Å². The van der Waals surface area contributed by atoms with Gasteiger partial charge in [-0.25, -0.2) is 14.8 Å². The van der Waals surface area contributed by atoms with Crippen LogP contribution in [0.1, 0.15) is 26.3 Å². The zero-order valence-electron chi connectivity index (χ0n) is 16.7. The monoisotopic (exact) mass is 396 g/mol. The Kier molecular flexibility index (Phi) is 5.65. The Balaban J connectivity index is 1.77. The molecular weight excluding hydrogens is 372 g/mol. The third-order valence-corrected chi connectivity index (χ3v) is 4.96. The second-order valence-corrected chi connectivity index (χ2v) is 8.50. The van der Waals surface area contributed by atoms with Gasteiger partial charge in [0.05, 0.1) is 10.6 Å². The molecule has 2 aromatic heterocycles. The van der Waals surface area contributed by atoms with E-state index in [1.807, 2.05) is 70.2 Å². The molecule has 3 aromatic rings. The molecular formula is C21H24N4O2S. The van der Waals surface area contributed by atoms with Gasteiger partial charge < -0.3 is 10.1 Å². The zero-order chi connectivity index (χ0) is 20.3. The largest absolute Gasteiger partial charge is 0.443 e. The highest BCUT2D eigenvalue weighted by molar-refractivity contribution is 7.19. The van der Waals surface area contributed by atoms with Gasteiger partial charge in [-0.05, 0) is 63.6 Å². The molecule has 0 saturated heterocycles. The number of anilines is 3. The van der Waals surface area contributed by atoms with E-state index in [0.29, 0.717) is 5.95 Å². The van der Waals surface area contributed by atoms with Crippen LogP contribution in [-0.2, 0) is 4.74 Å². The maximum absolute atomic E-state index is 12.3. The number of ether oxygens (including phenoxy) is 1. The van der Waals surface area contributed by atoms with E-state index < -0.39 is 5.60 Å². The molecule has 1 N–H and O–H groups in total. The smallest absolute Gasteiger partial charge is 0.415 e. The first-order valence-electron chi connectivity index (χ1n) is 8.95. The molecule has 0 atom stereocenters. The Morgan fingerprint density at radius 2 is 1.96 bits per heavy atom. The first-order valence-corrected chi connectivity index (χ1v) is 9.76. The van der Waals surface area contributed by atoms with Crippen LogP contribution in [0.25, 0.3) is 10.6 Å². The lowest BCUT2D eigenvalue weighted by molar-refractivity contribution is 0.0590. The van der Waals surface area contributed by atoms with Gasteiger partial charge in [-0.2, -0.15) is 0 Å². The van der Waals surface area contributed by atoms with Gasteiger partial charge in [-0.3, -0.25) is 4.90 Å². The van der Waals surface area contributed by atoms with Crippen molar-refractivity contribution in [2.75, 3.05) is 17.3 Å². The molecule has 0 radical (unpaired) electrons. The van der Waals surface area contributed by atoms with E-state index in [1.165, 1.54) is 16.2 Å². The van der Waals surface area contributed by atoms with Crippen molar-refractivity contribution in [3.63, 3.8) is 0 Å². The second-order valence-electron chi connectivity index (χ2n) is 7.44. The maximum atomic E-state index is 12.3. The highest BCUT2D eigenvalue weighted by Gasteiger charge is 2.21. The number of aromatic nitrogens is 2. The summed E-state index contributed by atoms with van der Waals surface area (Å²) < 4.78 is 5.42. The molecule has 1 amide bonds. The van der Waals surface area contributed by atoms with E-state index in [-0.39, 0.29) is 6.09 Å². The van der Waals surface area contributed by atoms with Gasteiger partial charge in [0.25, 0.3) is 0 Å². The van der Waals surface area contributed by atoms with E-state index in [0.717, 1.165) is 26.8 Å². The summed E-state index contributed by atoms with van der Waals surface area (Å²) in [5.41, 5.74) is 2.36. The van der Waals surface area contributed by atoms with Crippen LogP contribution in [0.4, 0.5) is 21.4 Å². The first-order chi connectivity index (χ1) is 13.2. The average molecular weight is 397 g/mol. The molecule has 0 aliphatic heterocycles. The fourth-order valence-electron chi connectivity index (χ4n) is 2.47. The topological polar surface area (TPSA) is 67.4 Å². The molecule has 28 heavy (non-hydrogen) atoms. The lowest BCUT2D eigenvalue weighted by Crippen LogP contribution is -2.33. The highest BCUT2D eigenvalue weighted by Crippen LogP contribution is 2.33. The van der Waals surface area contributed by atoms with E-state index in [2.05, 4.69) is 15.3 Å². The van der Waals surface area contributed by atoms with Crippen molar-refractivity contribution in [3.8, 4) is 10.6 Å². The number of benzene rings is 1. The summed E-state index contributed by atoms with van der Waals surface area (Å²) in [5, 5.41) is 4.01. The molecule has 0 bridgehead atoms. The molecule has 0 aliphatic rings. The first kappa shape index (κ1) is 19.8. The summed E-state index contributed by atoms with van der Waals surface area (Å²) in [7, 11) is 1.70. The molecule has 2 heterocycles. The van der Waals surface area contributed by atoms with Crippen LogP contribution in [0.15, 0.2) is 48.7 Å². The van der Waals surface area contributed by atoms with Gasteiger partial charge in [-0.1, -0.05) is 12.1 Å². The number of nitrogens with one attached hydrogen (secondary N) is 1. The van der Waals surface area contributed by atoms with Gasteiger partial charge in [0.1, 0.15) is 10.6 Å². The van der Waals surface area contributed by atoms with Crippen molar-refractivity contribution in [3.05, 3.63) is 54.2 Å². The quantitative estimate of drug-likeness (QED) is 0.619. The second kappa shape index (κ2) is 7.98. The van der Waals surface area contributed by atoms with Crippen LogP contribution in [-0.4, -0.2) is 28.7 Å². The van der Waals surface area contributed by atoms with Gasteiger partial charge in [-0.15, -0.1) is 11.3 Å². The summed E-state index contributed by atoms with van der Waals surface area (Å²) in [5.74, 6) is 0.526. The summed E-state index contributed by atoms with van der Waals surface area (Å²) in [6.07, 6.45) is 1.34. The Hall–Kier alpha value is -2.93. The molecule has 0 saturated carbocycles. The molecule has 3 rings (SSSR count). The van der Waals surface area contributed by atoms with E-state index in [1.54, 1.807) is 13.2 Å². The third-order valence-electron chi connectivity index (χ3n) is 3.77. The fraction of sp³-hybridized carbons (Fsp3) is 0.286. The predicted molar refractivity (Wildman–Crippen MR) is 114 cm³/mol. The molecule has 146 valence electrons. The Labute approximate surface area is 169 Å². The summed E-state index contributed by atoms with van der Waals surface area (Å²) in [6.45, 7) is 7.59. The normalized spacial score (nSPS) is 11.2. The Bertz CT molecular complexity index is 978. The van der Waals surface area contributed by atoms with Crippen LogP contribution in [0.5, 0.6) is 0 Å². The highest BCUT2D eigenvalue weighted by atomic mass is 32.1. The average Bonchev–Trinajstić information content (AvgIpc) is 3.10. The maximum Gasteiger partial charge on any atom is 0.415 e. The van der Waals surface area contributed by atoms with Crippen molar-refractivity contribution in [1.29, 1.82) is 0 Å². The number of carbonyl (C=O) groups is 1. The predicted octanol–water partition coefficient (Wildman–Crippen LogP) is 5.63. The molecule has 6 nitrogen and oxygen atoms in total. The molecule has 0 unspecified atom stereocenters. The SMILES string of the molecule is Cc1cccc(Nc2nccc(-c3ccc(N(C)C(=O)OC(C)(C)C)s3)n2)c1. The number of hydrogen-bond donors (Lipinski definition) is 1. The molecule has 7 heteroatoms. The lowest BCUT2D eigenvalue weighted by Gasteiger charge is -2.23. The lowest BCUT2D eigenvalue weighted by atomic mass is 10.2. The standard InChI is InChI=1S/C21H24N4O2S/c1-14-7-6-8-15(13-14)23-19-22-12-11-16(24-19)17-9-10-18(28-17)25(5)20(26)27-21(2,3)4/h6-13H,1-5H3,(H,22,23,24). The fourth-order valence-corrected chi connectivity index (χ4v) is 3.40. The molecule has 0 fully saturated rings. The Morgan fingerprint density at radius 3 is 2.68 bits per heavy atom. The van der Waals surface area contributed by atoms with Crippen molar-refractivity contribution in [2.45, 2.75) is 33.3 Å². The van der Waals surface area contributed by atoms with Crippen LogP contribution in [0.3, 0.4) is 0 Å². The molecule has 1 aromatic carbocycles. The minimum Gasteiger partial charge on any atom is -0.443 e.